The molecule has 0 aromatic carbocycles. The molecule has 6 nitrogen and oxygen atoms in total. The third-order valence-electron chi connectivity index (χ3n) is 3.67. The average molecular weight is 296 g/mol. The maximum atomic E-state index is 12.3. The molecule has 1 atom stereocenters. The number of nitrogens with zero attached hydrogens (tertiary/aromatic N) is 2. The molecule has 0 radical (unpaired) electrons. The third kappa shape index (κ3) is 2.94. The zero-order valence-electron chi connectivity index (χ0n) is 11.6. The number of hydrogen-bond acceptors (Lipinski definition) is 6. The highest BCUT2D eigenvalue weighted by atomic mass is 32.1. The van der Waals surface area contributed by atoms with Gasteiger partial charge in [0.2, 0.25) is 0 Å². The summed E-state index contributed by atoms with van der Waals surface area (Å²) in [6.45, 7) is 6.90. The predicted octanol–water partition coefficient (Wildman–Crippen LogP) is 0.380. The quantitative estimate of drug-likeness (QED) is 0.844. The number of hydrogen-bond donors (Lipinski definition) is 2. The van der Waals surface area contributed by atoms with E-state index in [-0.39, 0.29) is 11.9 Å². The summed E-state index contributed by atoms with van der Waals surface area (Å²) in [7, 11) is 0. The number of carbonyl (C=O) groups excluding carboxylic acids is 1. The van der Waals surface area contributed by atoms with Crippen molar-refractivity contribution in [1.82, 2.24) is 15.6 Å². The summed E-state index contributed by atoms with van der Waals surface area (Å²) in [5.74, 6) is 0.00760. The Morgan fingerprint density at radius 1 is 1.50 bits per heavy atom. The number of carbonyl (C=O) groups is 1. The van der Waals surface area contributed by atoms with Crippen LogP contribution >= 0.6 is 11.3 Å². The molecule has 2 fully saturated rings. The van der Waals surface area contributed by atoms with Crippen LogP contribution in [-0.4, -0.2) is 56.3 Å². The second kappa shape index (κ2) is 6.07. The Balaban J connectivity index is 1.69. The van der Waals surface area contributed by atoms with Crippen LogP contribution in [0.25, 0.3) is 0 Å². The van der Waals surface area contributed by atoms with Crippen LogP contribution < -0.4 is 15.5 Å². The molecule has 1 amide bonds. The van der Waals surface area contributed by atoms with E-state index in [1.165, 1.54) is 11.3 Å². The van der Waals surface area contributed by atoms with E-state index in [0.29, 0.717) is 0 Å². The van der Waals surface area contributed by atoms with Crippen LogP contribution in [0.3, 0.4) is 0 Å². The van der Waals surface area contributed by atoms with Crippen LogP contribution in [0.4, 0.5) is 5.13 Å². The van der Waals surface area contributed by atoms with Gasteiger partial charge in [-0.3, -0.25) is 4.79 Å². The molecule has 0 spiro atoms. The molecule has 2 aliphatic rings. The summed E-state index contributed by atoms with van der Waals surface area (Å²) in [5.41, 5.74) is 0.819. The molecule has 110 valence electrons. The second-order valence-electron chi connectivity index (χ2n) is 5.17. The summed E-state index contributed by atoms with van der Waals surface area (Å²) in [4.78, 5) is 19.8. The lowest BCUT2D eigenvalue weighted by atomic mass is 10.2. The number of thiazole rings is 1. The first kappa shape index (κ1) is 13.8. The van der Waals surface area contributed by atoms with Gasteiger partial charge in [0, 0.05) is 25.7 Å². The normalized spacial score (nSPS) is 23.1. The van der Waals surface area contributed by atoms with E-state index in [1.54, 1.807) is 0 Å². The Hall–Kier alpha value is -1.18. The fourth-order valence-corrected chi connectivity index (χ4v) is 3.53. The van der Waals surface area contributed by atoms with E-state index >= 15 is 0 Å². The molecular formula is C13H20N4O2S. The fourth-order valence-electron chi connectivity index (χ4n) is 2.51. The van der Waals surface area contributed by atoms with Gasteiger partial charge < -0.3 is 20.3 Å². The van der Waals surface area contributed by atoms with E-state index in [1.807, 2.05) is 6.92 Å². The molecule has 3 heterocycles. The van der Waals surface area contributed by atoms with E-state index in [9.17, 15) is 4.79 Å². The van der Waals surface area contributed by atoms with Crippen LogP contribution in [0.1, 0.15) is 21.8 Å². The van der Waals surface area contributed by atoms with Crippen molar-refractivity contribution in [2.45, 2.75) is 19.4 Å². The lowest BCUT2D eigenvalue weighted by Gasteiger charge is -2.26. The zero-order chi connectivity index (χ0) is 13.9. The number of rotatable bonds is 3. The van der Waals surface area contributed by atoms with Crippen molar-refractivity contribution in [3.8, 4) is 0 Å². The minimum Gasteiger partial charge on any atom is -0.378 e. The maximum Gasteiger partial charge on any atom is 0.263 e. The lowest BCUT2D eigenvalue weighted by Crippen LogP contribution is -2.36. The molecule has 2 saturated heterocycles. The number of ether oxygens (including phenoxy) is 1. The van der Waals surface area contributed by atoms with Crippen LogP contribution in [0, 0.1) is 6.92 Å². The van der Waals surface area contributed by atoms with E-state index < -0.39 is 0 Å². The van der Waals surface area contributed by atoms with Gasteiger partial charge in [0.15, 0.2) is 5.13 Å². The molecule has 2 aliphatic heterocycles. The van der Waals surface area contributed by atoms with Gasteiger partial charge in [-0.1, -0.05) is 11.3 Å². The number of morpholine rings is 1. The molecular weight excluding hydrogens is 276 g/mol. The van der Waals surface area contributed by atoms with Gasteiger partial charge in [0.1, 0.15) is 4.88 Å². The molecule has 1 aromatic heterocycles. The van der Waals surface area contributed by atoms with Gasteiger partial charge >= 0.3 is 0 Å². The van der Waals surface area contributed by atoms with E-state index in [4.69, 9.17) is 4.74 Å². The highest BCUT2D eigenvalue weighted by molar-refractivity contribution is 7.17. The Kier molecular flexibility index (Phi) is 4.18. The van der Waals surface area contributed by atoms with Crippen LogP contribution in [0.2, 0.25) is 0 Å². The Bertz CT molecular complexity index is 479. The van der Waals surface area contributed by atoms with Crippen molar-refractivity contribution in [2.24, 2.45) is 0 Å². The largest absolute Gasteiger partial charge is 0.378 e. The molecule has 20 heavy (non-hydrogen) atoms. The van der Waals surface area contributed by atoms with Crippen molar-refractivity contribution in [2.75, 3.05) is 44.3 Å². The summed E-state index contributed by atoms with van der Waals surface area (Å²) < 4.78 is 5.34. The third-order valence-corrected chi connectivity index (χ3v) is 4.89. The summed E-state index contributed by atoms with van der Waals surface area (Å²) >= 11 is 1.48. The lowest BCUT2D eigenvalue weighted by molar-refractivity contribution is 0.0943. The fraction of sp³-hybridized carbons (Fsp3) is 0.692. The van der Waals surface area contributed by atoms with Crippen molar-refractivity contribution >= 4 is 22.4 Å². The van der Waals surface area contributed by atoms with Gasteiger partial charge in [0.05, 0.1) is 18.9 Å². The molecule has 0 saturated carbocycles. The standard InChI is InChI=1S/C13H20N4O2S/c1-9-11(12(18)16-10-2-3-14-8-10)20-13(15-9)17-4-6-19-7-5-17/h10,14H,2-8H2,1H3,(H,16,18)/t10-/m0/s1. The number of aromatic nitrogens is 1. The molecule has 0 bridgehead atoms. The van der Waals surface area contributed by atoms with Gasteiger partial charge in [-0.15, -0.1) is 0 Å². The van der Waals surface area contributed by atoms with Gasteiger partial charge in [-0.25, -0.2) is 4.98 Å². The molecule has 2 N–H and O–H groups in total. The number of aryl methyl sites for hydroxylation is 1. The van der Waals surface area contributed by atoms with Crippen molar-refractivity contribution in [1.29, 1.82) is 0 Å². The van der Waals surface area contributed by atoms with E-state index in [0.717, 1.165) is 61.5 Å². The SMILES string of the molecule is Cc1nc(N2CCOCC2)sc1C(=O)N[C@H]1CCNC1. The number of nitrogens with one attached hydrogen (secondary N) is 2. The van der Waals surface area contributed by atoms with Gasteiger partial charge in [0.25, 0.3) is 5.91 Å². The van der Waals surface area contributed by atoms with Crippen molar-refractivity contribution in [3.05, 3.63) is 10.6 Å². The molecule has 7 heteroatoms. The van der Waals surface area contributed by atoms with Crippen LogP contribution in [0.5, 0.6) is 0 Å². The topological polar surface area (TPSA) is 66.5 Å². The molecule has 0 aliphatic carbocycles. The molecule has 3 rings (SSSR count). The first-order valence-corrected chi connectivity index (χ1v) is 7.87. The van der Waals surface area contributed by atoms with E-state index in [2.05, 4.69) is 20.5 Å². The summed E-state index contributed by atoms with van der Waals surface area (Å²) in [6.07, 6.45) is 1.000. The average Bonchev–Trinajstić information content (AvgIpc) is 3.09. The van der Waals surface area contributed by atoms with Gasteiger partial charge in [-0.05, 0) is 19.9 Å². The molecule has 0 unspecified atom stereocenters. The number of anilines is 1. The monoisotopic (exact) mass is 296 g/mol. The van der Waals surface area contributed by atoms with Crippen molar-refractivity contribution in [3.63, 3.8) is 0 Å². The van der Waals surface area contributed by atoms with Gasteiger partial charge in [-0.2, -0.15) is 0 Å². The minimum atomic E-state index is 0.00760. The highest BCUT2D eigenvalue weighted by Crippen LogP contribution is 2.26. The van der Waals surface area contributed by atoms with Crippen molar-refractivity contribution < 1.29 is 9.53 Å². The Morgan fingerprint density at radius 2 is 2.30 bits per heavy atom. The Labute approximate surface area is 122 Å². The second-order valence-corrected chi connectivity index (χ2v) is 6.15. The molecule has 1 aromatic rings. The van der Waals surface area contributed by atoms with Crippen LogP contribution in [-0.2, 0) is 4.74 Å². The first-order chi connectivity index (χ1) is 9.74. The predicted molar refractivity (Wildman–Crippen MR) is 78.6 cm³/mol. The summed E-state index contributed by atoms with van der Waals surface area (Å²) in [6, 6.07) is 0.246. The first-order valence-electron chi connectivity index (χ1n) is 7.06. The number of amides is 1. The minimum absolute atomic E-state index is 0.00760. The Morgan fingerprint density at radius 3 is 3.00 bits per heavy atom. The smallest absolute Gasteiger partial charge is 0.263 e. The zero-order valence-corrected chi connectivity index (χ0v) is 12.5. The highest BCUT2D eigenvalue weighted by Gasteiger charge is 2.23. The summed E-state index contributed by atoms with van der Waals surface area (Å²) in [5, 5.41) is 7.26. The van der Waals surface area contributed by atoms with Crippen LogP contribution in [0.15, 0.2) is 0 Å². The maximum absolute atomic E-state index is 12.3.